The van der Waals surface area contributed by atoms with E-state index < -0.39 is 0 Å². The molecule has 1 aromatic carbocycles. The molecule has 1 N–H and O–H groups in total. The van der Waals surface area contributed by atoms with Crippen molar-refractivity contribution in [2.75, 3.05) is 7.05 Å². The van der Waals surface area contributed by atoms with Crippen LogP contribution in [0.15, 0.2) is 42.7 Å². The molecular formula is C16H15N3. The molecule has 3 nitrogen and oxygen atoms in total. The van der Waals surface area contributed by atoms with Gasteiger partial charge in [0.05, 0.1) is 0 Å². The van der Waals surface area contributed by atoms with E-state index in [0.29, 0.717) is 0 Å². The molecule has 0 unspecified atom stereocenters. The molecule has 0 aliphatic carbocycles. The lowest BCUT2D eigenvalue weighted by molar-refractivity contribution is 0.351. The van der Waals surface area contributed by atoms with Crippen LogP contribution >= 0.6 is 0 Å². The Labute approximate surface area is 111 Å². The zero-order valence-electron chi connectivity index (χ0n) is 10.9. The monoisotopic (exact) mass is 249 g/mol. The number of aromatic nitrogens is 2. The molecule has 1 aliphatic rings. The zero-order valence-corrected chi connectivity index (χ0v) is 10.9. The fraction of sp³-hybridized carbons (Fsp3) is 0.188. The summed E-state index contributed by atoms with van der Waals surface area (Å²) >= 11 is 0. The number of rotatable bonds is 1. The Balaban J connectivity index is 1.90. The van der Waals surface area contributed by atoms with E-state index in [4.69, 9.17) is 0 Å². The van der Waals surface area contributed by atoms with E-state index in [1.54, 1.807) is 0 Å². The summed E-state index contributed by atoms with van der Waals surface area (Å²) in [5.74, 6) is 0. The minimum absolute atomic E-state index is 1.02. The lowest BCUT2D eigenvalue weighted by atomic mass is 10.0. The van der Waals surface area contributed by atoms with Crippen LogP contribution in [0.4, 0.5) is 0 Å². The number of nitrogens with one attached hydrogen (secondary N) is 1. The average Bonchev–Trinajstić information content (AvgIpc) is 2.95. The van der Waals surface area contributed by atoms with E-state index in [9.17, 15) is 0 Å². The van der Waals surface area contributed by atoms with Gasteiger partial charge in [0.2, 0.25) is 0 Å². The summed E-state index contributed by atoms with van der Waals surface area (Å²) in [6.07, 6.45) is 3.73. The zero-order chi connectivity index (χ0) is 12.8. The summed E-state index contributed by atoms with van der Waals surface area (Å²) < 4.78 is 0. The van der Waals surface area contributed by atoms with Crippen LogP contribution in [-0.2, 0) is 13.1 Å². The molecule has 0 fully saturated rings. The van der Waals surface area contributed by atoms with Crippen molar-refractivity contribution in [1.29, 1.82) is 0 Å². The van der Waals surface area contributed by atoms with Crippen molar-refractivity contribution < 1.29 is 0 Å². The normalized spacial score (nSPS) is 15.0. The van der Waals surface area contributed by atoms with Gasteiger partial charge in [0.1, 0.15) is 0 Å². The fourth-order valence-electron chi connectivity index (χ4n) is 2.93. The molecule has 0 radical (unpaired) electrons. The first-order valence-corrected chi connectivity index (χ1v) is 6.54. The first-order valence-electron chi connectivity index (χ1n) is 6.54. The third kappa shape index (κ3) is 1.66. The quantitative estimate of drug-likeness (QED) is 0.718. The molecule has 2 aromatic heterocycles. The number of aromatic amines is 1. The first-order chi connectivity index (χ1) is 9.31. The summed E-state index contributed by atoms with van der Waals surface area (Å²) in [6.45, 7) is 2.05. The van der Waals surface area contributed by atoms with Crippen LogP contribution in [0, 0.1) is 0 Å². The van der Waals surface area contributed by atoms with Gasteiger partial charge in [-0.3, -0.25) is 9.88 Å². The molecule has 1 aliphatic heterocycles. The van der Waals surface area contributed by atoms with Crippen LogP contribution in [0.2, 0.25) is 0 Å². The minimum Gasteiger partial charge on any atom is -0.357 e. The lowest BCUT2D eigenvalue weighted by Gasteiger charge is -2.06. The molecule has 3 heteroatoms. The minimum atomic E-state index is 1.02. The van der Waals surface area contributed by atoms with Gasteiger partial charge < -0.3 is 4.98 Å². The maximum Gasteiger partial charge on any atom is 0.0460 e. The average molecular weight is 249 g/mol. The SMILES string of the molecule is CN1Cc2[nH]c3ccc(-c4cccnc4)cc3c2C1. The Hall–Kier alpha value is -2.13. The van der Waals surface area contributed by atoms with Gasteiger partial charge in [-0.05, 0) is 36.4 Å². The topological polar surface area (TPSA) is 31.9 Å². The van der Waals surface area contributed by atoms with E-state index in [-0.39, 0.29) is 0 Å². The summed E-state index contributed by atoms with van der Waals surface area (Å²) in [7, 11) is 2.16. The van der Waals surface area contributed by atoms with Crippen molar-refractivity contribution >= 4 is 10.9 Å². The molecule has 94 valence electrons. The second-order valence-electron chi connectivity index (χ2n) is 5.26. The van der Waals surface area contributed by atoms with Gasteiger partial charge in [0.15, 0.2) is 0 Å². The number of hydrogen-bond acceptors (Lipinski definition) is 2. The molecule has 0 saturated carbocycles. The second-order valence-corrected chi connectivity index (χ2v) is 5.26. The fourth-order valence-corrected chi connectivity index (χ4v) is 2.93. The van der Waals surface area contributed by atoms with Gasteiger partial charge in [0.25, 0.3) is 0 Å². The van der Waals surface area contributed by atoms with E-state index in [1.807, 2.05) is 18.5 Å². The maximum atomic E-state index is 4.20. The highest BCUT2D eigenvalue weighted by atomic mass is 15.1. The Kier molecular flexibility index (Phi) is 2.23. The summed E-state index contributed by atoms with van der Waals surface area (Å²) in [4.78, 5) is 10.1. The molecule has 0 bridgehead atoms. The van der Waals surface area contributed by atoms with Crippen molar-refractivity contribution in [2.24, 2.45) is 0 Å². The molecule has 0 amide bonds. The molecule has 3 heterocycles. The van der Waals surface area contributed by atoms with Crippen molar-refractivity contribution in [2.45, 2.75) is 13.1 Å². The van der Waals surface area contributed by atoms with Crippen LogP contribution in [0.25, 0.3) is 22.0 Å². The summed E-state index contributed by atoms with van der Waals surface area (Å²) in [5, 5.41) is 1.35. The highest BCUT2D eigenvalue weighted by molar-refractivity contribution is 5.89. The number of benzene rings is 1. The van der Waals surface area contributed by atoms with E-state index in [2.05, 4.69) is 46.2 Å². The highest BCUT2D eigenvalue weighted by Crippen LogP contribution is 2.32. The van der Waals surface area contributed by atoms with E-state index in [0.717, 1.165) is 13.1 Å². The van der Waals surface area contributed by atoms with Crippen molar-refractivity contribution in [3.05, 3.63) is 54.0 Å². The Bertz CT molecular complexity index is 743. The van der Waals surface area contributed by atoms with Crippen molar-refractivity contribution in [3.63, 3.8) is 0 Å². The third-order valence-electron chi connectivity index (χ3n) is 3.85. The molecule has 0 spiro atoms. The molecule has 0 saturated heterocycles. The van der Waals surface area contributed by atoms with Crippen LogP contribution in [0.5, 0.6) is 0 Å². The molecule has 4 rings (SSSR count). The van der Waals surface area contributed by atoms with E-state index in [1.165, 1.54) is 33.3 Å². The van der Waals surface area contributed by atoms with Crippen molar-refractivity contribution in [3.8, 4) is 11.1 Å². The van der Waals surface area contributed by atoms with Gasteiger partial charge in [-0.25, -0.2) is 0 Å². The molecule has 0 atom stereocenters. The molecular weight excluding hydrogens is 234 g/mol. The van der Waals surface area contributed by atoms with Gasteiger partial charge in [-0.15, -0.1) is 0 Å². The predicted molar refractivity (Wildman–Crippen MR) is 76.7 cm³/mol. The Morgan fingerprint density at radius 3 is 2.95 bits per heavy atom. The van der Waals surface area contributed by atoms with Crippen LogP contribution in [-0.4, -0.2) is 21.9 Å². The van der Waals surface area contributed by atoms with Crippen molar-refractivity contribution in [1.82, 2.24) is 14.9 Å². The largest absolute Gasteiger partial charge is 0.357 e. The number of fused-ring (bicyclic) bond motifs is 3. The number of hydrogen-bond donors (Lipinski definition) is 1. The van der Waals surface area contributed by atoms with Gasteiger partial charge in [-0.1, -0.05) is 12.1 Å². The van der Waals surface area contributed by atoms with Gasteiger partial charge >= 0.3 is 0 Å². The Morgan fingerprint density at radius 2 is 2.11 bits per heavy atom. The number of H-pyrrole nitrogens is 1. The lowest BCUT2D eigenvalue weighted by Crippen LogP contribution is -2.08. The predicted octanol–water partition coefficient (Wildman–Crippen LogP) is 3.18. The maximum absolute atomic E-state index is 4.20. The smallest absolute Gasteiger partial charge is 0.0460 e. The third-order valence-corrected chi connectivity index (χ3v) is 3.85. The molecule has 3 aromatic rings. The van der Waals surface area contributed by atoms with Crippen LogP contribution < -0.4 is 0 Å². The Morgan fingerprint density at radius 1 is 1.16 bits per heavy atom. The number of nitrogens with zero attached hydrogens (tertiary/aromatic N) is 2. The van der Waals surface area contributed by atoms with Gasteiger partial charge in [-0.2, -0.15) is 0 Å². The first kappa shape index (κ1) is 10.8. The van der Waals surface area contributed by atoms with E-state index >= 15 is 0 Å². The number of pyridine rings is 1. The molecule has 19 heavy (non-hydrogen) atoms. The summed E-state index contributed by atoms with van der Waals surface area (Å²) in [6, 6.07) is 10.7. The van der Waals surface area contributed by atoms with Crippen LogP contribution in [0.3, 0.4) is 0 Å². The van der Waals surface area contributed by atoms with Gasteiger partial charge in [0, 0.05) is 47.6 Å². The standard InChI is InChI=1S/C16H15N3/c1-19-9-14-13-7-11(12-3-2-6-17-8-12)4-5-15(13)18-16(14)10-19/h2-8,18H,9-10H2,1H3. The highest BCUT2D eigenvalue weighted by Gasteiger charge is 2.20. The van der Waals surface area contributed by atoms with Crippen LogP contribution in [0.1, 0.15) is 11.3 Å². The second kappa shape index (κ2) is 3.93. The summed E-state index contributed by atoms with van der Waals surface area (Å²) in [5.41, 5.74) is 6.46.